The fraction of sp³-hybridized carbons (Fsp3) is 0.273. The summed E-state index contributed by atoms with van der Waals surface area (Å²) in [6, 6.07) is 9.12. The van der Waals surface area contributed by atoms with Crippen LogP contribution >= 0.6 is 0 Å². The first-order chi connectivity index (χ1) is 14.0. The van der Waals surface area contributed by atoms with E-state index in [9.17, 15) is 4.79 Å². The number of aromatic nitrogens is 1. The molecule has 0 saturated heterocycles. The molecule has 3 rings (SSSR count). The number of methoxy groups -OCH3 is 1. The van der Waals surface area contributed by atoms with Gasteiger partial charge in [0.2, 0.25) is 5.91 Å². The van der Waals surface area contributed by atoms with Gasteiger partial charge >= 0.3 is 0 Å². The molecule has 7 heteroatoms. The minimum Gasteiger partial charge on any atom is -0.493 e. The molecule has 0 radical (unpaired) electrons. The fourth-order valence-electron chi connectivity index (χ4n) is 2.77. The first-order valence-corrected chi connectivity index (χ1v) is 9.16. The predicted octanol–water partition coefficient (Wildman–Crippen LogP) is 4.14. The van der Waals surface area contributed by atoms with Crippen molar-refractivity contribution < 1.29 is 23.2 Å². The minimum absolute atomic E-state index is 0.126. The highest BCUT2D eigenvalue weighted by Gasteiger charge is 2.12. The second-order valence-corrected chi connectivity index (χ2v) is 6.61. The third-order valence-corrected chi connectivity index (χ3v) is 4.51. The normalized spacial score (nSPS) is 11.0. The number of hydrogen-bond donors (Lipinski definition) is 0. The summed E-state index contributed by atoms with van der Waals surface area (Å²) in [5, 5.41) is 3.93. The van der Waals surface area contributed by atoms with E-state index in [0.29, 0.717) is 24.7 Å². The predicted molar refractivity (Wildman–Crippen MR) is 108 cm³/mol. The van der Waals surface area contributed by atoms with Gasteiger partial charge in [-0.05, 0) is 49.8 Å². The summed E-state index contributed by atoms with van der Waals surface area (Å²) in [6.07, 6.45) is 4.84. The zero-order valence-corrected chi connectivity index (χ0v) is 17.0. The number of benzene rings is 1. The van der Waals surface area contributed by atoms with Gasteiger partial charge in [-0.15, -0.1) is 0 Å². The molecule has 7 nitrogen and oxygen atoms in total. The van der Waals surface area contributed by atoms with Gasteiger partial charge in [0, 0.05) is 13.1 Å². The number of amides is 1. The summed E-state index contributed by atoms with van der Waals surface area (Å²) in [4.78, 5) is 13.9. The summed E-state index contributed by atoms with van der Waals surface area (Å²) < 4.78 is 21.7. The zero-order chi connectivity index (χ0) is 20.8. The molecule has 2 heterocycles. The molecule has 152 valence electrons. The standard InChI is InChI=1S/C22H24N2O5/c1-15-19(16(2)29-23-15)14-28-20-9-7-17(12-21(20)26-4)8-10-22(25)24(3)13-18-6-5-11-27-18/h5-12H,13-14H2,1-4H3. The van der Waals surface area contributed by atoms with Crippen LogP contribution in [0.15, 0.2) is 51.6 Å². The molecule has 0 spiro atoms. The van der Waals surface area contributed by atoms with Crippen molar-refractivity contribution in [2.75, 3.05) is 14.2 Å². The Morgan fingerprint density at radius 3 is 2.72 bits per heavy atom. The van der Waals surface area contributed by atoms with Crippen LogP contribution in [0.4, 0.5) is 0 Å². The molecule has 0 aliphatic carbocycles. The van der Waals surface area contributed by atoms with Crippen molar-refractivity contribution in [1.29, 1.82) is 0 Å². The quantitative estimate of drug-likeness (QED) is 0.533. The van der Waals surface area contributed by atoms with E-state index in [-0.39, 0.29) is 5.91 Å². The van der Waals surface area contributed by atoms with Gasteiger partial charge in [0.25, 0.3) is 0 Å². The van der Waals surface area contributed by atoms with Crippen LogP contribution in [0.3, 0.4) is 0 Å². The maximum Gasteiger partial charge on any atom is 0.246 e. The van der Waals surface area contributed by atoms with Gasteiger partial charge in [-0.3, -0.25) is 4.79 Å². The first-order valence-electron chi connectivity index (χ1n) is 9.16. The largest absolute Gasteiger partial charge is 0.493 e. The van der Waals surface area contributed by atoms with Crippen molar-refractivity contribution in [3.63, 3.8) is 0 Å². The summed E-state index contributed by atoms with van der Waals surface area (Å²) in [5.74, 6) is 2.52. The lowest BCUT2D eigenvalue weighted by atomic mass is 10.1. The van der Waals surface area contributed by atoms with Gasteiger partial charge in [-0.2, -0.15) is 0 Å². The number of hydrogen-bond acceptors (Lipinski definition) is 6. The summed E-state index contributed by atoms with van der Waals surface area (Å²) in [6.45, 7) is 4.47. The first kappa shape index (κ1) is 20.3. The Kier molecular flexibility index (Phi) is 6.39. The van der Waals surface area contributed by atoms with Crippen LogP contribution in [0.5, 0.6) is 11.5 Å². The van der Waals surface area contributed by atoms with E-state index in [2.05, 4.69) is 5.16 Å². The Labute approximate surface area is 169 Å². The van der Waals surface area contributed by atoms with Crippen molar-refractivity contribution in [2.24, 2.45) is 0 Å². The molecule has 0 N–H and O–H groups in total. The molecule has 0 aliphatic heterocycles. The molecule has 29 heavy (non-hydrogen) atoms. The second-order valence-electron chi connectivity index (χ2n) is 6.61. The number of carbonyl (C=O) groups excluding carboxylic acids is 1. The van der Waals surface area contributed by atoms with Gasteiger partial charge in [-0.1, -0.05) is 11.2 Å². The summed E-state index contributed by atoms with van der Waals surface area (Å²) >= 11 is 0. The summed E-state index contributed by atoms with van der Waals surface area (Å²) in [7, 11) is 3.30. The monoisotopic (exact) mass is 396 g/mol. The molecular weight excluding hydrogens is 372 g/mol. The molecule has 0 aliphatic rings. The van der Waals surface area contributed by atoms with E-state index in [4.69, 9.17) is 18.4 Å². The highest BCUT2D eigenvalue weighted by molar-refractivity contribution is 5.91. The number of rotatable bonds is 8. The van der Waals surface area contributed by atoms with Crippen LogP contribution in [0, 0.1) is 13.8 Å². The smallest absolute Gasteiger partial charge is 0.246 e. The molecular formula is C22H24N2O5. The molecule has 2 aromatic heterocycles. The van der Waals surface area contributed by atoms with Crippen LogP contribution in [0.1, 0.15) is 28.3 Å². The number of aryl methyl sites for hydroxylation is 2. The van der Waals surface area contributed by atoms with Crippen LogP contribution in [0.25, 0.3) is 6.08 Å². The molecule has 0 bridgehead atoms. The minimum atomic E-state index is -0.126. The second kappa shape index (κ2) is 9.14. The van der Waals surface area contributed by atoms with Crippen molar-refractivity contribution in [3.05, 3.63) is 71.0 Å². The molecule has 0 unspecified atom stereocenters. The topological polar surface area (TPSA) is 77.9 Å². The van der Waals surface area contributed by atoms with Crippen LogP contribution in [-0.4, -0.2) is 30.1 Å². The number of carbonyl (C=O) groups is 1. The maximum atomic E-state index is 12.3. The van der Waals surface area contributed by atoms with Gasteiger partial charge in [0.15, 0.2) is 11.5 Å². The van der Waals surface area contributed by atoms with Gasteiger partial charge < -0.3 is 23.3 Å². The Balaban J connectivity index is 1.64. The van der Waals surface area contributed by atoms with Crippen molar-refractivity contribution in [3.8, 4) is 11.5 Å². The third kappa shape index (κ3) is 5.07. The highest BCUT2D eigenvalue weighted by atomic mass is 16.5. The number of likely N-dealkylation sites (N-methyl/N-ethyl adjacent to an activating group) is 1. The number of ether oxygens (including phenoxy) is 2. The van der Waals surface area contributed by atoms with E-state index < -0.39 is 0 Å². The fourth-order valence-corrected chi connectivity index (χ4v) is 2.77. The van der Waals surface area contributed by atoms with Crippen LogP contribution < -0.4 is 9.47 Å². The molecule has 0 fully saturated rings. The highest BCUT2D eigenvalue weighted by Crippen LogP contribution is 2.30. The van der Waals surface area contributed by atoms with Crippen molar-refractivity contribution in [1.82, 2.24) is 10.1 Å². The average molecular weight is 396 g/mol. The molecule has 0 atom stereocenters. The van der Waals surface area contributed by atoms with Crippen LogP contribution in [-0.2, 0) is 17.9 Å². The lowest BCUT2D eigenvalue weighted by molar-refractivity contribution is -0.125. The zero-order valence-electron chi connectivity index (χ0n) is 17.0. The number of furan rings is 1. The molecule has 3 aromatic rings. The Morgan fingerprint density at radius 1 is 1.24 bits per heavy atom. The maximum absolute atomic E-state index is 12.3. The van der Waals surface area contributed by atoms with Crippen LogP contribution in [0.2, 0.25) is 0 Å². The SMILES string of the molecule is COc1cc(C=CC(=O)N(C)Cc2ccco2)ccc1OCc1c(C)noc1C. The van der Waals surface area contributed by atoms with E-state index in [1.54, 1.807) is 37.5 Å². The van der Waals surface area contributed by atoms with E-state index in [0.717, 1.165) is 28.3 Å². The Morgan fingerprint density at radius 2 is 2.07 bits per heavy atom. The third-order valence-electron chi connectivity index (χ3n) is 4.51. The van der Waals surface area contributed by atoms with E-state index in [1.807, 2.05) is 38.1 Å². The Hall–Kier alpha value is -3.48. The number of nitrogens with zero attached hydrogens (tertiary/aromatic N) is 2. The molecule has 0 saturated carbocycles. The average Bonchev–Trinajstić information content (AvgIpc) is 3.34. The lowest BCUT2D eigenvalue weighted by Crippen LogP contribution is -2.23. The van der Waals surface area contributed by atoms with E-state index in [1.165, 1.54) is 6.08 Å². The lowest BCUT2D eigenvalue weighted by Gasteiger charge is -2.13. The van der Waals surface area contributed by atoms with Crippen molar-refractivity contribution >= 4 is 12.0 Å². The van der Waals surface area contributed by atoms with E-state index >= 15 is 0 Å². The Bertz CT molecular complexity index is 969. The van der Waals surface area contributed by atoms with Gasteiger partial charge in [0.05, 0.1) is 31.2 Å². The van der Waals surface area contributed by atoms with Gasteiger partial charge in [0.1, 0.15) is 18.1 Å². The summed E-state index contributed by atoms with van der Waals surface area (Å²) in [5.41, 5.74) is 2.55. The van der Waals surface area contributed by atoms with Gasteiger partial charge in [-0.25, -0.2) is 0 Å². The van der Waals surface area contributed by atoms with Crippen molar-refractivity contribution in [2.45, 2.75) is 27.0 Å². The molecule has 1 amide bonds. The molecule has 1 aromatic carbocycles.